The molecule has 4 rings (SSSR count). The zero-order chi connectivity index (χ0) is 29.7. The lowest BCUT2D eigenvalue weighted by Gasteiger charge is -2.28. The van der Waals surface area contributed by atoms with Gasteiger partial charge in [-0.1, -0.05) is 0 Å². The number of β-amino-alcohol motifs (C(OH)–C–C–N with tert-alkyl or cyclic N) is 2. The lowest BCUT2D eigenvalue weighted by molar-refractivity contribution is -0.00264. The normalized spacial score (nSPS) is 26.0. The first-order valence-electron chi connectivity index (χ1n) is 12.2. The molecule has 0 aromatic rings. The van der Waals surface area contributed by atoms with E-state index in [4.69, 9.17) is 29.9 Å². The molecular weight excluding hydrogens is 544 g/mol. The monoisotopic (exact) mass is 580 g/mol. The van der Waals surface area contributed by atoms with E-state index >= 15 is 0 Å². The average molecular weight is 581 g/mol. The Kier molecular flexibility index (Phi) is 10.5. The molecule has 4 fully saturated rings. The van der Waals surface area contributed by atoms with Gasteiger partial charge in [-0.05, 0) is 0 Å². The Hall–Kier alpha value is -3.24. The van der Waals surface area contributed by atoms with Crippen molar-refractivity contribution in [1.29, 1.82) is 0 Å². The summed E-state index contributed by atoms with van der Waals surface area (Å²) in [7, 11) is 2.92. The molecule has 4 saturated heterocycles. The number of fused-ring (bicyclic) bond motifs is 2. The van der Waals surface area contributed by atoms with E-state index in [0.29, 0.717) is 0 Å². The number of hydrogen-bond acceptors (Lipinski definition) is 12. The molecule has 8 amide bonds. The minimum Gasteiger partial charge on any atom is -0.395 e. The van der Waals surface area contributed by atoms with Crippen LogP contribution in [0.25, 0.3) is 0 Å². The van der Waals surface area contributed by atoms with E-state index < -0.39 is 63.6 Å². The molecule has 0 aromatic carbocycles. The first kappa shape index (κ1) is 31.3. The average Bonchev–Trinajstić information content (AvgIpc) is 3.56. The highest BCUT2D eigenvalue weighted by Crippen LogP contribution is 2.35. The van der Waals surface area contributed by atoms with Crippen LogP contribution in [0.1, 0.15) is 0 Å². The summed E-state index contributed by atoms with van der Waals surface area (Å²) in [6, 6.07) is -2.02. The third kappa shape index (κ3) is 5.03. The number of aliphatic hydroxyl groups excluding tert-OH is 6. The number of nitrogens with zero attached hydrogens (tertiary/aromatic N) is 8. The fourth-order valence-corrected chi connectivity index (χ4v) is 5.31. The second-order valence-corrected chi connectivity index (χ2v) is 8.84. The van der Waals surface area contributed by atoms with E-state index in [1.54, 1.807) is 0 Å². The molecule has 4 aliphatic heterocycles. The van der Waals surface area contributed by atoms with E-state index in [9.17, 15) is 29.4 Å². The quantitative estimate of drug-likeness (QED) is 0.128. The van der Waals surface area contributed by atoms with Crippen molar-refractivity contribution in [3.05, 3.63) is 0 Å². The Bertz CT molecular complexity index is 800. The van der Waals surface area contributed by atoms with Gasteiger partial charge in [0, 0.05) is 27.3 Å². The van der Waals surface area contributed by atoms with Crippen LogP contribution in [-0.4, -0.2) is 200 Å². The largest absolute Gasteiger partial charge is 0.395 e. The molecule has 0 aliphatic carbocycles. The lowest BCUT2D eigenvalue weighted by atomic mass is 10.3. The highest BCUT2D eigenvalue weighted by molar-refractivity contribution is 5.85. The number of hydrogen-bond donors (Lipinski definition) is 6. The van der Waals surface area contributed by atoms with Crippen molar-refractivity contribution < 1.29 is 59.3 Å². The van der Waals surface area contributed by atoms with Crippen molar-refractivity contribution in [1.82, 2.24) is 39.2 Å². The van der Waals surface area contributed by atoms with Crippen molar-refractivity contribution in [2.75, 3.05) is 80.9 Å². The predicted octanol–water partition coefficient (Wildman–Crippen LogP) is -4.78. The van der Waals surface area contributed by atoms with Crippen molar-refractivity contribution in [3.63, 3.8) is 0 Å². The van der Waals surface area contributed by atoms with E-state index in [1.807, 2.05) is 0 Å². The molecular formula is C20H36N8O12. The van der Waals surface area contributed by atoms with Gasteiger partial charge < -0.3 is 40.1 Å². The van der Waals surface area contributed by atoms with Gasteiger partial charge in [-0.3, -0.25) is 39.2 Å². The van der Waals surface area contributed by atoms with Crippen molar-refractivity contribution >= 4 is 24.1 Å². The van der Waals surface area contributed by atoms with E-state index in [2.05, 4.69) is 0 Å². The van der Waals surface area contributed by atoms with Gasteiger partial charge in [-0.2, -0.15) is 0 Å². The molecule has 20 heteroatoms. The summed E-state index contributed by atoms with van der Waals surface area (Å²) >= 11 is 0. The fourth-order valence-electron chi connectivity index (χ4n) is 5.31. The lowest BCUT2D eigenvalue weighted by Crippen LogP contribution is -2.48. The Labute approximate surface area is 228 Å². The summed E-state index contributed by atoms with van der Waals surface area (Å²) in [5.74, 6) is 0. The maximum atomic E-state index is 12.5. The number of ether oxygens (including phenoxy) is 2. The van der Waals surface area contributed by atoms with E-state index in [1.165, 1.54) is 33.8 Å². The summed E-state index contributed by atoms with van der Waals surface area (Å²) in [6.45, 7) is -2.89. The highest BCUT2D eigenvalue weighted by Gasteiger charge is 2.60. The summed E-state index contributed by atoms with van der Waals surface area (Å²) in [5, 5.41) is 55.0. The molecule has 4 aliphatic rings. The summed E-state index contributed by atoms with van der Waals surface area (Å²) < 4.78 is 10.1. The molecule has 0 saturated carbocycles. The zero-order valence-electron chi connectivity index (χ0n) is 22.1. The van der Waals surface area contributed by atoms with Gasteiger partial charge in [0.05, 0.1) is 13.2 Å². The third-order valence-corrected chi connectivity index (χ3v) is 6.88. The van der Waals surface area contributed by atoms with Crippen LogP contribution in [-0.2, 0) is 9.47 Å². The molecule has 40 heavy (non-hydrogen) atoms. The smallest absolute Gasteiger partial charge is 0.327 e. The van der Waals surface area contributed by atoms with Crippen LogP contribution < -0.4 is 0 Å². The number of carbonyl (C=O) groups excluding carboxylic acids is 4. The second-order valence-electron chi connectivity index (χ2n) is 8.84. The summed E-state index contributed by atoms with van der Waals surface area (Å²) in [6.07, 6.45) is -3.07. The highest BCUT2D eigenvalue weighted by atomic mass is 16.5. The van der Waals surface area contributed by atoms with Crippen LogP contribution in [0.3, 0.4) is 0 Å². The van der Waals surface area contributed by atoms with Gasteiger partial charge in [0.1, 0.15) is 46.6 Å². The van der Waals surface area contributed by atoms with Gasteiger partial charge in [0.25, 0.3) is 0 Å². The van der Waals surface area contributed by atoms with E-state index in [-0.39, 0.29) is 51.8 Å². The predicted molar refractivity (Wildman–Crippen MR) is 127 cm³/mol. The Balaban J connectivity index is 0.000000225. The standard InChI is InChI=1S/C12H22N4O6.C8H14N4O6/c1-21-7-15-10-9(13(3-5-17)11(15)19)14(4-6-18)12(20)16(10)8-22-2;13-1-9-5-6(11(3-15)7(9)17)12(4-16)8(18)10(5)2-14/h9-10,17-18H,3-8H2,1-2H3;5-6,13-16H,1-4H2. The van der Waals surface area contributed by atoms with Gasteiger partial charge >= 0.3 is 24.1 Å². The second kappa shape index (κ2) is 13.4. The number of aliphatic hydroxyl groups is 6. The molecule has 0 unspecified atom stereocenters. The molecule has 0 atom stereocenters. The van der Waals surface area contributed by atoms with Crippen LogP contribution in [0.2, 0.25) is 0 Å². The number of carbonyl (C=O) groups is 4. The SMILES string of the molecule is COCN1C(=O)N(CCO)C2C1N(COC)C(=O)N2CCO.O=C1N(CO)C2C(N1CO)N(CO)C(=O)N2CO. The fraction of sp³-hybridized carbons (Fsp3) is 0.800. The van der Waals surface area contributed by atoms with Crippen molar-refractivity contribution in [2.24, 2.45) is 0 Å². The molecule has 6 N–H and O–H groups in total. The van der Waals surface area contributed by atoms with Gasteiger partial charge in [-0.25, -0.2) is 19.2 Å². The zero-order valence-corrected chi connectivity index (χ0v) is 22.1. The molecule has 0 aromatic heterocycles. The number of urea groups is 4. The van der Waals surface area contributed by atoms with E-state index in [0.717, 1.165) is 19.6 Å². The van der Waals surface area contributed by atoms with Crippen LogP contribution in [0.5, 0.6) is 0 Å². The van der Waals surface area contributed by atoms with Crippen molar-refractivity contribution in [2.45, 2.75) is 24.7 Å². The molecule has 20 nitrogen and oxygen atoms in total. The Morgan fingerprint density at radius 1 is 0.475 bits per heavy atom. The minimum atomic E-state index is -0.945. The summed E-state index contributed by atoms with van der Waals surface area (Å²) in [4.78, 5) is 58.0. The van der Waals surface area contributed by atoms with Crippen molar-refractivity contribution in [3.8, 4) is 0 Å². The van der Waals surface area contributed by atoms with Crippen LogP contribution in [0.15, 0.2) is 0 Å². The molecule has 0 radical (unpaired) electrons. The number of methoxy groups -OCH3 is 2. The topological polar surface area (TPSA) is 234 Å². The van der Waals surface area contributed by atoms with Gasteiger partial charge in [0.2, 0.25) is 0 Å². The van der Waals surface area contributed by atoms with Crippen LogP contribution in [0.4, 0.5) is 19.2 Å². The maximum absolute atomic E-state index is 12.5. The first-order chi connectivity index (χ1) is 19.2. The molecule has 228 valence electrons. The Morgan fingerprint density at radius 2 is 0.725 bits per heavy atom. The van der Waals surface area contributed by atoms with Crippen LogP contribution in [0, 0.1) is 0 Å². The summed E-state index contributed by atoms with van der Waals surface area (Å²) in [5.41, 5.74) is 0. The molecule has 0 bridgehead atoms. The maximum Gasteiger partial charge on any atom is 0.327 e. The molecule has 0 spiro atoms. The van der Waals surface area contributed by atoms with Gasteiger partial charge in [-0.15, -0.1) is 0 Å². The third-order valence-electron chi connectivity index (χ3n) is 6.88. The van der Waals surface area contributed by atoms with Crippen LogP contribution >= 0.6 is 0 Å². The minimum absolute atomic E-state index is 0.0163. The Morgan fingerprint density at radius 3 is 0.975 bits per heavy atom. The first-order valence-corrected chi connectivity index (χ1v) is 12.2. The molecule has 4 heterocycles. The number of amides is 8. The van der Waals surface area contributed by atoms with Gasteiger partial charge in [0.15, 0.2) is 18.5 Å². The number of rotatable bonds is 12.